The molecule has 4 saturated carbocycles. The van der Waals surface area contributed by atoms with Gasteiger partial charge in [0.25, 0.3) is 0 Å². The summed E-state index contributed by atoms with van der Waals surface area (Å²) in [6.45, 7) is 7.74. The first-order chi connectivity index (χ1) is 7.03. The first kappa shape index (κ1) is 9.07. The summed E-state index contributed by atoms with van der Waals surface area (Å²) in [5, 5.41) is 0. The van der Waals surface area contributed by atoms with Crippen LogP contribution in [0.5, 0.6) is 0 Å². The summed E-state index contributed by atoms with van der Waals surface area (Å²) >= 11 is 0. The Hall–Kier alpha value is 0. The Labute approximate surface area is 93.8 Å². The van der Waals surface area contributed by atoms with Crippen LogP contribution in [-0.4, -0.2) is 0 Å². The zero-order chi connectivity index (χ0) is 10.4. The fourth-order valence-corrected chi connectivity index (χ4v) is 6.60. The van der Waals surface area contributed by atoms with Crippen LogP contribution in [0.3, 0.4) is 0 Å². The molecule has 0 aliphatic heterocycles. The summed E-state index contributed by atoms with van der Waals surface area (Å²) in [5.74, 6) is 5.70. The van der Waals surface area contributed by atoms with E-state index in [0.29, 0.717) is 10.8 Å². The molecule has 84 valence electrons. The van der Waals surface area contributed by atoms with Crippen molar-refractivity contribution >= 4 is 0 Å². The van der Waals surface area contributed by atoms with Crippen molar-refractivity contribution in [2.75, 3.05) is 0 Å². The third-order valence-electron chi connectivity index (χ3n) is 7.27. The van der Waals surface area contributed by atoms with E-state index < -0.39 is 0 Å². The molecule has 0 saturated heterocycles. The van der Waals surface area contributed by atoms with Crippen molar-refractivity contribution < 1.29 is 0 Å². The molecule has 0 aromatic rings. The Bertz CT molecular complexity index is 316. The SMILES string of the molecule is CC1(C)CC2CC1(C)C1C3CCC(C3)C21. The summed E-state index contributed by atoms with van der Waals surface area (Å²) in [6, 6.07) is 0. The van der Waals surface area contributed by atoms with E-state index >= 15 is 0 Å². The van der Waals surface area contributed by atoms with E-state index in [2.05, 4.69) is 20.8 Å². The largest absolute Gasteiger partial charge is 0.0594 e. The smallest absolute Gasteiger partial charge is 0.0238 e. The maximum atomic E-state index is 2.64. The minimum atomic E-state index is 0.642. The number of rotatable bonds is 0. The highest BCUT2D eigenvalue weighted by Crippen LogP contribution is 2.77. The molecule has 0 radical (unpaired) electrons. The van der Waals surface area contributed by atoms with E-state index in [1.165, 1.54) is 12.3 Å². The molecule has 0 N–H and O–H groups in total. The van der Waals surface area contributed by atoms with Gasteiger partial charge in [0.05, 0.1) is 0 Å². The molecule has 15 heavy (non-hydrogen) atoms. The van der Waals surface area contributed by atoms with Gasteiger partial charge in [0.2, 0.25) is 0 Å². The van der Waals surface area contributed by atoms with Crippen LogP contribution in [-0.2, 0) is 0 Å². The van der Waals surface area contributed by atoms with Crippen LogP contribution in [0.4, 0.5) is 0 Å². The van der Waals surface area contributed by atoms with Crippen LogP contribution in [0.15, 0.2) is 0 Å². The van der Waals surface area contributed by atoms with Gasteiger partial charge in [-0.1, -0.05) is 20.8 Å². The van der Waals surface area contributed by atoms with Crippen molar-refractivity contribution in [1.29, 1.82) is 0 Å². The van der Waals surface area contributed by atoms with Gasteiger partial charge in [-0.05, 0) is 72.5 Å². The minimum Gasteiger partial charge on any atom is -0.0594 e. The van der Waals surface area contributed by atoms with Crippen LogP contribution in [0.1, 0.15) is 52.9 Å². The average Bonchev–Trinajstić information content (AvgIpc) is 2.79. The molecule has 4 aliphatic rings. The number of hydrogen-bond donors (Lipinski definition) is 0. The van der Waals surface area contributed by atoms with Crippen molar-refractivity contribution in [2.24, 2.45) is 40.4 Å². The van der Waals surface area contributed by atoms with Crippen LogP contribution in [0, 0.1) is 40.4 Å². The second-order valence-corrected chi connectivity index (χ2v) is 7.91. The van der Waals surface area contributed by atoms with Gasteiger partial charge >= 0.3 is 0 Å². The number of fused-ring (bicyclic) bond motifs is 9. The van der Waals surface area contributed by atoms with Gasteiger partial charge in [-0.2, -0.15) is 0 Å². The fraction of sp³-hybridized carbons (Fsp3) is 1.00. The average molecular weight is 204 g/mol. The van der Waals surface area contributed by atoms with Gasteiger partial charge < -0.3 is 0 Å². The highest BCUT2D eigenvalue weighted by Gasteiger charge is 2.69. The Balaban J connectivity index is 1.81. The minimum absolute atomic E-state index is 0.642. The van der Waals surface area contributed by atoms with E-state index in [1.807, 2.05) is 0 Å². The lowest BCUT2D eigenvalue weighted by Gasteiger charge is -2.50. The molecule has 6 unspecified atom stereocenters. The summed E-state index contributed by atoms with van der Waals surface area (Å²) in [7, 11) is 0. The molecule has 4 bridgehead atoms. The zero-order valence-corrected chi connectivity index (χ0v) is 10.4. The van der Waals surface area contributed by atoms with E-state index in [4.69, 9.17) is 0 Å². The van der Waals surface area contributed by atoms with E-state index in [1.54, 1.807) is 25.7 Å². The third kappa shape index (κ3) is 0.806. The van der Waals surface area contributed by atoms with Crippen LogP contribution in [0.25, 0.3) is 0 Å². The molecule has 0 aromatic heterocycles. The first-order valence-electron chi connectivity index (χ1n) is 7.03. The van der Waals surface area contributed by atoms with Gasteiger partial charge in [0, 0.05) is 0 Å². The zero-order valence-electron chi connectivity index (χ0n) is 10.4. The summed E-state index contributed by atoms with van der Waals surface area (Å²) in [5.41, 5.74) is 1.35. The molecule has 4 rings (SSSR count). The molecule has 0 aromatic carbocycles. The maximum absolute atomic E-state index is 2.64. The van der Waals surface area contributed by atoms with Gasteiger partial charge in [-0.15, -0.1) is 0 Å². The van der Waals surface area contributed by atoms with Crippen LogP contribution >= 0.6 is 0 Å². The summed E-state index contributed by atoms with van der Waals surface area (Å²) in [6.07, 6.45) is 7.87. The van der Waals surface area contributed by atoms with Crippen molar-refractivity contribution in [3.8, 4) is 0 Å². The molecule has 0 amide bonds. The number of hydrogen-bond acceptors (Lipinski definition) is 0. The van der Waals surface area contributed by atoms with E-state index in [0.717, 1.165) is 23.7 Å². The molecule has 0 heterocycles. The predicted octanol–water partition coefficient (Wildman–Crippen LogP) is 4.10. The van der Waals surface area contributed by atoms with E-state index in [9.17, 15) is 0 Å². The molecule has 4 fully saturated rings. The van der Waals surface area contributed by atoms with Gasteiger partial charge in [0.1, 0.15) is 0 Å². The summed E-state index contributed by atoms with van der Waals surface area (Å²) < 4.78 is 0. The molecular weight excluding hydrogens is 180 g/mol. The highest BCUT2D eigenvalue weighted by atomic mass is 14.7. The Morgan fingerprint density at radius 1 is 0.867 bits per heavy atom. The lowest BCUT2D eigenvalue weighted by molar-refractivity contribution is -0.0139. The Morgan fingerprint density at radius 3 is 2.40 bits per heavy atom. The second kappa shape index (κ2) is 2.31. The van der Waals surface area contributed by atoms with Crippen LogP contribution < -0.4 is 0 Å². The molecule has 0 heteroatoms. The maximum Gasteiger partial charge on any atom is -0.0238 e. The quantitative estimate of drug-likeness (QED) is 0.521. The Kier molecular flexibility index (Phi) is 1.40. The van der Waals surface area contributed by atoms with Crippen molar-refractivity contribution in [1.82, 2.24) is 0 Å². The van der Waals surface area contributed by atoms with Gasteiger partial charge in [0.15, 0.2) is 0 Å². The normalized spacial score (nSPS) is 63.8. The van der Waals surface area contributed by atoms with Gasteiger partial charge in [-0.3, -0.25) is 0 Å². The monoisotopic (exact) mass is 204 g/mol. The molecular formula is C15H24. The molecule has 0 nitrogen and oxygen atoms in total. The topological polar surface area (TPSA) is 0 Å². The standard InChI is InChI=1S/C15H24/c1-14(2)7-11-8-15(14,3)13-10-5-4-9(6-10)12(11)13/h9-13H,4-8H2,1-3H3. The van der Waals surface area contributed by atoms with Crippen LogP contribution in [0.2, 0.25) is 0 Å². The van der Waals surface area contributed by atoms with E-state index in [-0.39, 0.29) is 0 Å². The summed E-state index contributed by atoms with van der Waals surface area (Å²) in [4.78, 5) is 0. The molecule has 6 atom stereocenters. The highest BCUT2D eigenvalue weighted by molar-refractivity contribution is 5.18. The van der Waals surface area contributed by atoms with Crippen molar-refractivity contribution in [3.05, 3.63) is 0 Å². The third-order valence-corrected chi connectivity index (χ3v) is 7.27. The van der Waals surface area contributed by atoms with Crippen molar-refractivity contribution in [2.45, 2.75) is 52.9 Å². The first-order valence-corrected chi connectivity index (χ1v) is 7.03. The lowest BCUT2D eigenvalue weighted by Crippen LogP contribution is -2.43. The predicted molar refractivity (Wildman–Crippen MR) is 62.4 cm³/mol. The van der Waals surface area contributed by atoms with Gasteiger partial charge in [-0.25, -0.2) is 0 Å². The lowest BCUT2D eigenvalue weighted by atomic mass is 9.55. The second-order valence-electron chi connectivity index (χ2n) is 7.91. The van der Waals surface area contributed by atoms with Crippen molar-refractivity contribution in [3.63, 3.8) is 0 Å². The Morgan fingerprint density at radius 2 is 1.60 bits per heavy atom. The molecule has 4 aliphatic carbocycles. The molecule has 0 spiro atoms. The fourth-order valence-electron chi connectivity index (χ4n) is 6.60.